The number of amides is 1. The van der Waals surface area contributed by atoms with Crippen molar-refractivity contribution in [2.45, 2.75) is 25.7 Å². The molecule has 25 heavy (non-hydrogen) atoms. The highest BCUT2D eigenvalue weighted by Crippen LogP contribution is 2.32. The SMILES string of the molecule is O=C1CCN(Cc2ccsc2)CCN1Cc1ccccc1C(F)(F)F. The monoisotopic (exact) mass is 368 g/mol. The third-order valence-electron chi connectivity index (χ3n) is 4.35. The summed E-state index contributed by atoms with van der Waals surface area (Å²) >= 11 is 1.63. The number of carbonyl (C=O) groups is 1. The molecule has 1 fully saturated rings. The van der Waals surface area contributed by atoms with Crippen molar-refractivity contribution in [3.63, 3.8) is 0 Å². The second-order valence-corrected chi connectivity index (χ2v) is 6.91. The van der Waals surface area contributed by atoms with Crippen LogP contribution in [0.25, 0.3) is 0 Å². The minimum atomic E-state index is -4.41. The summed E-state index contributed by atoms with van der Waals surface area (Å²) in [6, 6.07) is 7.52. The molecule has 0 spiro atoms. The third kappa shape index (κ3) is 4.61. The van der Waals surface area contributed by atoms with Gasteiger partial charge in [0.2, 0.25) is 5.91 Å². The van der Waals surface area contributed by atoms with Crippen molar-refractivity contribution in [2.75, 3.05) is 19.6 Å². The minimum absolute atomic E-state index is 0.000801. The molecule has 2 aromatic rings. The van der Waals surface area contributed by atoms with Gasteiger partial charge < -0.3 is 4.90 Å². The second-order valence-electron chi connectivity index (χ2n) is 6.13. The topological polar surface area (TPSA) is 23.6 Å². The fourth-order valence-electron chi connectivity index (χ4n) is 3.02. The molecule has 0 N–H and O–H groups in total. The molecule has 134 valence electrons. The first kappa shape index (κ1) is 17.9. The zero-order valence-electron chi connectivity index (χ0n) is 13.6. The van der Waals surface area contributed by atoms with Gasteiger partial charge in [-0.15, -0.1) is 0 Å². The summed E-state index contributed by atoms with van der Waals surface area (Å²) in [5, 5.41) is 4.09. The molecular formula is C18H19F3N2OS. The van der Waals surface area contributed by atoms with Gasteiger partial charge in [0.1, 0.15) is 0 Å². The summed E-state index contributed by atoms with van der Waals surface area (Å²) in [7, 11) is 0. The molecule has 3 nitrogen and oxygen atoms in total. The highest BCUT2D eigenvalue weighted by Gasteiger charge is 2.33. The quantitative estimate of drug-likeness (QED) is 0.814. The molecule has 0 radical (unpaired) electrons. The molecule has 1 saturated heterocycles. The van der Waals surface area contributed by atoms with E-state index in [2.05, 4.69) is 16.3 Å². The van der Waals surface area contributed by atoms with E-state index in [0.717, 1.165) is 12.6 Å². The van der Waals surface area contributed by atoms with E-state index in [1.54, 1.807) is 17.4 Å². The van der Waals surface area contributed by atoms with Gasteiger partial charge in [0.05, 0.1) is 5.56 Å². The van der Waals surface area contributed by atoms with E-state index in [1.165, 1.54) is 22.6 Å². The Kier molecular flexibility index (Phi) is 5.44. The predicted molar refractivity (Wildman–Crippen MR) is 91.1 cm³/mol. The summed E-state index contributed by atoms with van der Waals surface area (Å²) in [5.74, 6) is -0.0928. The lowest BCUT2D eigenvalue weighted by Crippen LogP contribution is -2.33. The number of hydrogen-bond acceptors (Lipinski definition) is 3. The van der Waals surface area contributed by atoms with E-state index in [9.17, 15) is 18.0 Å². The number of carbonyl (C=O) groups excluding carboxylic acids is 1. The molecule has 2 heterocycles. The Balaban J connectivity index is 1.68. The Labute approximate surface area is 148 Å². The smallest absolute Gasteiger partial charge is 0.337 e. The zero-order valence-corrected chi connectivity index (χ0v) is 14.4. The molecule has 0 atom stereocenters. The number of nitrogens with zero attached hydrogens (tertiary/aromatic N) is 2. The minimum Gasteiger partial charge on any atom is -0.337 e. The van der Waals surface area contributed by atoms with Crippen LogP contribution in [-0.4, -0.2) is 35.3 Å². The van der Waals surface area contributed by atoms with Crippen LogP contribution in [-0.2, 0) is 24.1 Å². The van der Waals surface area contributed by atoms with Crippen LogP contribution < -0.4 is 0 Å². The first-order valence-corrected chi connectivity index (χ1v) is 9.04. The molecule has 0 unspecified atom stereocenters. The van der Waals surface area contributed by atoms with Gasteiger partial charge in [0.15, 0.2) is 0 Å². The van der Waals surface area contributed by atoms with Crippen LogP contribution in [0.15, 0.2) is 41.1 Å². The molecule has 1 aromatic carbocycles. The van der Waals surface area contributed by atoms with Crippen molar-refractivity contribution in [1.82, 2.24) is 9.80 Å². The van der Waals surface area contributed by atoms with E-state index in [-0.39, 0.29) is 18.0 Å². The van der Waals surface area contributed by atoms with Crippen molar-refractivity contribution < 1.29 is 18.0 Å². The van der Waals surface area contributed by atoms with Crippen molar-refractivity contribution in [1.29, 1.82) is 0 Å². The first-order chi connectivity index (χ1) is 11.9. The van der Waals surface area contributed by atoms with Gasteiger partial charge in [-0.25, -0.2) is 0 Å². The molecule has 0 bridgehead atoms. The van der Waals surface area contributed by atoms with Crippen LogP contribution in [0.3, 0.4) is 0 Å². The number of alkyl halides is 3. The van der Waals surface area contributed by atoms with E-state index < -0.39 is 11.7 Å². The molecule has 0 aliphatic carbocycles. The van der Waals surface area contributed by atoms with E-state index in [4.69, 9.17) is 0 Å². The lowest BCUT2D eigenvalue weighted by molar-refractivity contribution is -0.139. The lowest BCUT2D eigenvalue weighted by atomic mass is 10.1. The number of halogens is 3. The van der Waals surface area contributed by atoms with Gasteiger partial charge in [0.25, 0.3) is 0 Å². The fourth-order valence-corrected chi connectivity index (χ4v) is 3.68. The summed E-state index contributed by atoms with van der Waals surface area (Å²) < 4.78 is 39.4. The van der Waals surface area contributed by atoms with E-state index >= 15 is 0 Å². The van der Waals surface area contributed by atoms with Crippen molar-refractivity contribution in [3.8, 4) is 0 Å². The van der Waals surface area contributed by atoms with Crippen LogP contribution in [0.4, 0.5) is 13.2 Å². The van der Waals surface area contributed by atoms with Crippen LogP contribution >= 0.6 is 11.3 Å². The van der Waals surface area contributed by atoms with Crippen LogP contribution in [0.2, 0.25) is 0 Å². The molecule has 0 saturated carbocycles. The first-order valence-electron chi connectivity index (χ1n) is 8.10. The standard InChI is InChI=1S/C18H19F3N2OS/c19-18(20,21)16-4-2-1-3-15(16)12-23-9-8-22(7-5-17(23)24)11-14-6-10-25-13-14/h1-4,6,10,13H,5,7-9,11-12H2. The molecule has 1 aromatic heterocycles. The van der Waals surface area contributed by atoms with Gasteiger partial charge in [-0.1, -0.05) is 18.2 Å². The van der Waals surface area contributed by atoms with E-state index in [0.29, 0.717) is 26.1 Å². The second kappa shape index (κ2) is 7.58. The zero-order chi connectivity index (χ0) is 17.9. The van der Waals surface area contributed by atoms with Crippen LogP contribution in [0.1, 0.15) is 23.1 Å². The molecule has 1 amide bonds. The summed E-state index contributed by atoms with van der Waals surface area (Å²) in [4.78, 5) is 16.1. The number of rotatable bonds is 4. The number of benzene rings is 1. The summed E-state index contributed by atoms with van der Waals surface area (Å²) in [6.07, 6.45) is -4.07. The van der Waals surface area contributed by atoms with Gasteiger partial charge >= 0.3 is 6.18 Å². The predicted octanol–water partition coefficient (Wildman–Crippen LogP) is 4.00. The van der Waals surface area contributed by atoms with Gasteiger partial charge in [-0.3, -0.25) is 9.69 Å². The Bertz CT molecular complexity index is 715. The Morgan fingerprint density at radius 1 is 1.04 bits per heavy atom. The normalized spacial score (nSPS) is 16.9. The number of thiophene rings is 1. The molecule has 3 rings (SSSR count). The van der Waals surface area contributed by atoms with Crippen molar-refractivity contribution in [3.05, 3.63) is 57.8 Å². The van der Waals surface area contributed by atoms with Crippen molar-refractivity contribution in [2.24, 2.45) is 0 Å². The van der Waals surface area contributed by atoms with Crippen LogP contribution in [0.5, 0.6) is 0 Å². The van der Waals surface area contributed by atoms with E-state index in [1.807, 2.05) is 5.38 Å². The number of hydrogen-bond donors (Lipinski definition) is 0. The van der Waals surface area contributed by atoms with Crippen LogP contribution in [0, 0.1) is 0 Å². The maximum absolute atomic E-state index is 13.1. The fraction of sp³-hybridized carbons (Fsp3) is 0.389. The molecule has 1 aliphatic heterocycles. The Hall–Kier alpha value is -1.86. The third-order valence-corrected chi connectivity index (χ3v) is 5.08. The van der Waals surface area contributed by atoms with Crippen molar-refractivity contribution >= 4 is 17.2 Å². The molecular weight excluding hydrogens is 349 g/mol. The summed E-state index contributed by atoms with van der Waals surface area (Å²) in [5.41, 5.74) is 0.685. The average molecular weight is 368 g/mol. The molecule has 1 aliphatic rings. The Morgan fingerprint density at radius 3 is 2.56 bits per heavy atom. The van der Waals surface area contributed by atoms with Gasteiger partial charge in [-0.2, -0.15) is 24.5 Å². The molecule has 7 heteroatoms. The largest absolute Gasteiger partial charge is 0.416 e. The highest BCUT2D eigenvalue weighted by atomic mass is 32.1. The summed E-state index contributed by atoms with van der Waals surface area (Å²) in [6.45, 7) is 2.50. The maximum Gasteiger partial charge on any atom is 0.416 e. The average Bonchev–Trinajstić information content (AvgIpc) is 3.02. The Morgan fingerprint density at radius 2 is 1.84 bits per heavy atom. The maximum atomic E-state index is 13.1. The lowest BCUT2D eigenvalue weighted by Gasteiger charge is -2.23. The van der Waals surface area contributed by atoms with Gasteiger partial charge in [-0.05, 0) is 34.0 Å². The highest BCUT2D eigenvalue weighted by molar-refractivity contribution is 7.07. The van der Waals surface area contributed by atoms with Gasteiger partial charge in [0, 0.05) is 39.1 Å².